The van der Waals surface area contributed by atoms with Gasteiger partial charge in [-0.1, -0.05) is 6.92 Å². The third-order valence-corrected chi connectivity index (χ3v) is 3.86. The van der Waals surface area contributed by atoms with Crippen LogP contribution in [0.15, 0.2) is 0 Å². The maximum absolute atomic E-state index is 5.68. The summed E-state index contributed by atoms with van der Waals surface area (Å²) in [4.78, 5) is 2.57. The van der Waals surface area contributed by atoms with E-state index in [4.69, 9.17) is 10.5 Å². The van der Waals surface area contributed by atoms with Crippen molar-refractivity contribution >= 4 is 0 Å². The second kappa shape index (κ2) is 4.81. The van der Waals surface area contributed by atoms with Gasteiger partial charge >= 0.3 is 0 Å². The first-order chi connectivity index (χ1) is 7.22. The summed E-state index contributed by atoms with van der Waals surface area (Å²) in [5, 5.41) is 0. The van der Waals surface area contributed by atoms with Gasteiger partial charge in [0.05, 0.1) is 13.2 Å². The average molecular weight is 212 g/mol. The molecule has 0 saturated carbocycles. The highest BCUT2D eigenvalue weighted by Crippen LogP contribution is 2.32. The summed E-state index contributed by atoms with van der Waals surface area (Å²) in [6, 6.07) is 0. The normalized spacial score (nSPS) is 30.4. The van der Waals surface area contributed by atoms with E-state index in [0.717, 1.165) is 25.7 Å². The van der Waals surface area contributed by atoms with Crippen molar-refractivity contribution in [2.45, 2.75) is 26.2 Å². The number of nitrogens with two attached hydrogens (primary N) is 1. The van der Waals surface area contributed by atoms with Crippen molar-refractivity contribution < 1.29 is 4.74 Å². The van der Waals surface area contributed by atoms with Gasteiger partial charge in [0.25, 0.3) is 0 Å². The molecule has 1 unspecified atom stereocenters. The topological polar surface area (TPSA) is 38.5 Å². The van der Waals surface area contributed by atoms with Crippen LogP contribution in [-0.4, -0.2) is 44.3 Å². The van der Waals surface area contributed by atoms with Crippen molar-refractivity contribution in [3.8, 4) is 0 Å². The molecule has 2 heterocycles. The molecule has 3 heteroatoms. The lowest BCUT2D eigenvalue weighted by molar-refractivity contribution is -0.107. The predicted molar refractivity (Wildman–Crippen MR) is 61.8 cm³/mol. The van der Waals surface area contributed by atoms with Crippen molar-refractivity contribution in [3.05, 3.63) is 0 Å². The Kier molecular flexibility index (Phi) is 3.65. The van der Waals surface area contributed by atoms with Crippen molar-refractivity contribution in [1.29, 1.82) is 0 Å². The van der Waals surface area contributed by atoms with Gasteiger partial charge in [-0.05, 0) is 44.8 Å². The van der Waals surface area contributed by atoms with Crippen LogP contribution in [0.2, 0.25) is 0 Å². The molecule has 2 rings (SSSR count). The highest BCUT2D eigenvalue weighted by molar-refractivity contribution is 4.82. The van der Waals surface area contributed by atoms with Crippen LogP contribution >= 0.6 is 0 Å². The van der Waals surface area contributed by atoms with Crippen LogP contribution in [0.5, 0.6) is 0 Å². The minimum absolute atomic E-state index is 0.493. The molecule has 0 aromatic carbocycles. The van der Waals surface area contributed by atoms with Crippen LogP contribution in [0.1, 0.15) is 26.2 Å². The standard InChI is InChI=1S/C12H24N2O/c1-12(9-15-10-12)4-2-5-14-6-3-11(7-13)8-14/h11H,2-10,13H2,1H3. The first kappa shape index (κ1) is 11.4. The van der Waals surface area contributed by atoms with Crippen LogP contribution in [0.3, 0.4) is 0 Å². The van der Waals surface area contributed by atoms with Gasteiger partial charge in [-0.3, -0.25) is 0 Å². The van der Waals surface area contributed by atoms with E-state index in [1.165, 1.54) is 38.9 Å². The molecule has 0 bridgehead atoms. The van der Waals surface area contributed by atoms with Gasteiger partial charge in [0, 0.05) is 12.0 Å². The zero-order chi connectivity index (χ0) is 10.7. The van der Waals surface area contributed by atoms with Crippen molar-refractivity contribution in [1.82, 2.24) is 4.90 Å². The molecule has 0 aromatic heterocycles. The highest BCUT2D eigenvalue weighted by Gasteiger charge is 2.32. The Labute approximate surface area is 93.0 Å². The minimum atomic E-state index is 0.493. The molecule has 2 aliphatic heterocycles. The smallest absolute Gasteiger partial charge is 0.0542 e. The maximum Gasteiger partial charge on any atom is 0.0542 e. The fourth-order valence-electron chi connectivity index (χ4n) is 2.63. The van der Waals surface area contributed by atoms with E-state index in [9.17, 15) is 0 Å². The lowest BCUT2D eigenvalue weighted by Crippen LogP contribution is -2.40. The van der Waals surface area contributed by atoms with Gasteiger partial charge < -0.3 is 15.4 Å². The summed E-state index contributed by atoms with van der Waals surface area (Å²) >= 11 is 0. The summed E-state index contributed by atoms with van der Waals surface area (Å²) in [6.45, 7) is 8.88. The van der Waals surface area contributed by atoms with Crippen molar-refractivity contribution in [3.63, 3.8) is 0 Å². The molecule has 0 spiro atoms. The summed E-state index contributed by atoms with van der Waals surface area (Å²) in [6.07, 6.45) is 3.94. The van der Waals surface area contributed by atoms with Gasteiger partial charge in [-0.25, -0.2) is 0 Å². The fourth-order valence-corrected chi connectivity index (χ4v) is 2.63. The first-order valence-corrected chi connectivity index (χ1v) is 6.22. The largest absolute Gasteiger partial charge is 0.380 e. The number of rotatable bonds is 5. The molecule has 3 nitrogen and oxygen atoms in total. The van der Waals surface area contributed by atoms with Crippen LogP contribution in [0.4, 0.5) is 0 Å². The molecule has 2 saturated heterocycles. The Bertz CT molecular complexity index is 204. The van der Waals surface area contributed by atoms with E-state index in [1.54, 1.807) is 0 Å². The minimum Gasteiger partial charge on any atom is -0.380 e. The zero-order valence-corrected chi connectivity index (χ0v) is 9.87. The molecular formula is C12H24N2O. The van der Waals surface area contributed by atoms with E-state index in [1.807, 2.05) is 0 Å². The second-order valence-electron chi connectivity index (χ2n) is 5.60. The average Bonchev–Trinajstić information content (AvgIpc) is 2.63. The highest BCUT2D eigenvalue weighted by atomic mass is 16.5. The van der Waals surface area contributed by atoms with E-state index < -0.39 is 0 Å². The Morgan fingerprint density at radius 2 is 2.27 bits per heavy atom. The maximum atomic E-state index is 5.68. The lowest BCUT2D eigenvalue weighted by Gasteiger charge is -2.38. The van der Waals surface area contributed by atoms with Gasteiger partial charge in [0.1, 0.15) is 0 Å². The molecule has 0 aliphatic carbocycles. The first-order valence-electron chi connectivity index (χ1n) is 6.22. The molecule has 0 aromatic rings. The molecule has 0 amide bonds. The lowest BCUT2D eigenvalue weighted by atomic mass is 9.84. The molecule has 1 atom stereocenters. The summed E-state index contributed by atoms with van der Waals surface area (Å²) in [5.41, 5.74) is 6.17. The summed E-state index contributed by atoms with van der Waals surface area (Å²) in [5.74, 6) is 0.757. The number of hydrogen-bond acceptors (Lipinski definition) is 3. The molecule has 15 heavy (non-hydrogen) atoms. The molecular weight excluding hydrogens is 188 g/mol. The summed E-state index contributed by atoms with van der Waals surface area (Å²) < 4.78 is 5.26. The number of likely N-dealkylation sites (tertiary alicyclic amines) is 1. The number of nitrogens with zero attached hydrogens (tertiary/aromatic N) is 1. The molecule has 2 fully saturated rings. The van der Waals surface area contributed by atoms with Crippen LogP contribution < -0.4 is 5.73 Å². The van der Waals surface area contributed by atoms with Crippen LogP contribution in [0, 0.1) is 11.3 Å². The monoisotopic (exact) mass is 212 g/mol. The molecule has 0 radical (unpaired) electrons. The van der Waals surface area contributed by atoms with Crippen LogP contribution in [0.25, 0.3) is 0 Å². The van der Waals surface area contributed by atoms with E-state index in [-0.39, 0.29) is 0 Å². The van der Waals surface area contributed by atoms with E-state index in [0.29, 0.717) is 5.41 Å². The van der Waals surface area contributed by atoms with Crippen LogP contribution in [-0.2, 0) is 4.74 Å². The molecule has 2 N–H and O–H groups in total. The van der Waals surface area contributed by atoms with Gasteiger partial charge in [0.2, 0.25) is 0 Å². The van der Waals surface area contributed by atoms with Gasteiger partial charge in [-0.2, -0.15) is 0 Å². The molecule has 2 aliphatic rings. The fraction of sp³-hybridized carbons (Fsp3) is 1.00. The predicted octanol–water partition coefficient (Wildman–Crippen LogP) is 1.08. The Morgan fingerprint density at radius 1 is 1.47 bits per heavy atom. The number of hydrogen-bond donors (Lipinski definition) is 1. The quantitative estimate of drug-likeness (QED) is 0.741. The SMILES string of the molecule is CC1(CCCN2CCC(CN)C2)COC1. The van der Waals surface area contributed by atoms with Crippen molar-refractivity contribution in [2.75, 3.05) is 39.4 Å². The van der Waals surface area contributed by atoms with E-state index in [2.05, 4.69) is 11.8 Å². The van der Waals surface area contributed by atoms with Gasteiger partial charge in [0.15, 0.2) is 0 Å². The Balaban J connectivity index is 1.58. The number of ether oxygens (including phenoxy) is 1. The molecule has 88 valence electrons. The third kappa shape index (κ3) is 2.92. The zero-order valence-electron chi connectivity index (χ0n) is 9.87. The summed E-state index contributed by atoms with van der Waals surface area (Å²) in [7, 11) is 0. The Hall–Kier alpha value is -0.120. The third-order valence-electron chi connectivity index (χ3n) is 3.86. The second-order valence-corrected chi connectivity index (χ2v) is 5.60. The van der Waals surface area contributed by atoms with Gasteiger partial charge in [-0.15, -0.1) is 0 Å². The van der Waals surface area contributed by atoms with Crippen molar-refractivity contribution in [2.24, 2.45) is 17.1 Å². The Morgan fingerprint density at radius 3 is 2.80 bits per heavy atom. The van der Waals surface area contributed by atoms with E-state index >= 15 is 0 Å².